The third-order valence-electron chi connectivity index (χ3n) is 2.82. The van der Waals surface area contributed by atoms with Gasteiger partial charge in [0.1, 0.15) is 11.6 Å². The molecule has 1 heterocycles. The lowest BCUT2D eigenvalue weighted by atomic mass is 10.2. The predicted molar refractivity (Wildman–Crippen MR) is 87.5 cm³/mol. The zero-order valence-electron chi connectivity index (χ0n) is 12.3. The second kappa shape index (κ2) is 7.83. The van der Waals surface area contributed by atoms with E-state index in [0.717, 1.165) is 16.3 Å². The average molecular weight is 360 g/mol. The number of nitrogens with zero attached hydrogens (tertiary/aromatic N) is 1. The predicted octanol–water partition coefficient (Wildman–Crippen LogP) is 4.03. The highest BCUT2D eigenvalue weighted by atomic mass is 32.2. The van der Waals surface area contributed by atoms with Crippen molar-refractivity contribution in [3.05, 3.63) is 40.9 Å². The number of aromatic nitrogens is 1. The van der Waals surface area contributed by atoms with E-state index in [0.29, 0.717) is 5.75 Å². The van der Waals surface area contributed by atoms with Gasteiger partial charge in [-0.15, -0.1) is 23.1 Å². The Bertz CT molecular complexity index is 653. The number of thiazole rings is 1. The molecule has 0 aliphatic rings. The van der Waals surface area contributed by atoms with Crippen LogP contribution in [-0.2, 0) is 10.5 Å². The number of halogens is 3. The van der Waals surface area contributed by atoms with Gasteiger partial charge in [-0.05, 0) is 6.92 Å². The molecule has 1 aromatic heterocycles. The van der Waals surface area contributed by atoms with Gasteiger partial charge in [0, 0.05) is 16.7 Å². The molecule has 1 amide bonds. The molecule has 2 aromatic rings. The number of carbonyl (C=O) groups is 1. The number of benzene rings is 1. The number of nitrogens with one attached hydrogen (secondary N) is 1. The molecule has 2 rings (SSSR count). The van der Waals surface area contributed by atoms with Crippen LogP contribution in [-0.4, -0.2) is 29.4 Å². The Hall–Kier alpha value is -1.54. The van der Waals surface area contributed by atoms with Gasteiger partial charge < -0.3 is 5.32 Å². The van der Waals surface area contributed by atoms with Crippen molar-refractivity contribution in [3.63, 3.8) is 0 Å². The topological polar surface area (TPSA) is 42.0 Å². The quantitative estimate of drug-likeness (QED) is 0.846. The Kier molecular flexibility index (Phi) is 6.06. The molecule has 0 aliphatic carbocycles. The van der Waals surface area contributed by atoms with Crippen LogP contribution < -0.4 is 5.32 Å². The molecule has 0 saturated carbocycles. The molecule has 1 aromatic carbocycles. The summed E-state index contributed by atoms with van der Waals surface area (Å²) in [7, 11) is 0. The van der Waals surface area contributed by atoms with Crippen LogP contribution in [0.15, 0.2) is 29.6 Å². The lowest BCUT2D eigenvalue weighted by Crippen LogP contribution is -2.34. The van der Waals surface area contributed by atoms with Crippen molar-refractivity contribution in [2.45, 2.75) is 18.9 Å². The van der Waals surface area contributed by atoms with Gasteiger partial charge in [0.25, 0.3) is 0 Å². The maximum atomic E-state index is 12.0. The van der Waals surface area contributed by atoms with Gasteiger partial charge in [-0.3, -0.25) is 4.79 Å². The van der Waals surface area contributed by atoms with Crippen molar-refractivity contribution in [3.8, 4) is 10.6 Å². The van der Waals surface area contributed by atoms with Gasteiger partial charge in [-0.25, -0.2) is 4.98 Å². The zero-order valence-corrected chi connectivity index (χ0v) is 13.9. The standard InChI is InChI=1S/C15H15F3N2OS2/c1-10-2-4-11(5-3-10)14-20-12(7-23-14)6-22-8-13(21)19-9-15(16,17)18/h2-5,7H,6,8-9H2,1H3,(H,19,21). The molecule has 0 aliphatic heterocycles. The first-order valence-corrected chi connectivity index (χ1v) is 8.79. The van der Waals surface area contributed by atoms with Crippen LogP contribution in [0, 0.1) is 6.92 Å². The number of hydrogen-bond acceptors (Lipinski definition) is 4. The number of alkyl halides is 3. The third kappa shape index (κ3) is 6.23. The van der Waals surface area contributed by atoms with Crippen molar-refractivity contribution >= 4 is 29.0 Å². The van der Waals surface area contributed by atoms with Crippen LogP contribution in [0.25, 0.3) is 10.6 Å². The molecular weight excluding hydrogens is 345 g/mol. The van der Waals surface area contributed by atoms with E-state index in [9.17, 15) is 18.0 Å². The Morgan fingerprint density at radius 2 is 2.00 bits per heavy atom. The molecule has 0 unspecified atom stereocenters. The minimum absolute atomic E-state index is 0.0204. The molecule has 0 saturated heterocycles. The maximum Gasteiger partial charge on any atom is 0.405 e. The molecule has 1 N–H and O–H groups in total. The summed E-state index contributed by atoms with van der Waals surface area (Å²) in [5.41, 5.74) is 3.02. The van der Waals surface area contributed by atoms with E-state index in [2.05, 4.69) is 4.98 Å². The van der Waals surface area contributed by atoms with Crippen LogP contribution in [0.2, 0.25) is 0 Å². The first-order chi connectivity index (χ1) is 10.8. The summed E-state index contributed by atoms with van der Waals surface area (Å²) in [5.74, 6) is -0.156. The number of rotatable bonds is 6. The fourth-order valence-corrected chi connectivity index (χ4v) is 3.38. The Morgan fingerprint density at radius 3 is 2.65 bits per heavy atom. The highest BCUT2D eigenvalue weighted by Gasteiger charge is 2.27. The summed E-state index contributed by atoms with van der Waals surface area (Å²) >= 11 is 2.75. The molecule has 0 radical (unpaired) electrons. The number of aryl methyl sites for hydroxylation is 1. The molecule has 0 fully saturated rings. The number of amides is 1. The largest absolute Gasteiger partial charge is 0.405 e. The smallest absolute Gasteiger partial charge is 0.346 e. The lowest BCUT2D eigenvalue weighted by Gasteiger charge is -2.07. The minimum Gasteiger partial charge on any atom is -0.346 e. The molecule has 0 spiro atoms. The Labute approximate surface area is 140 Å². The summed E-state index contributed by atoms with van der Waals surface area (Å²) in [6.07, 6.45) is -4.38. The molecule has 8 heteroatoms. The first-order valence-electron chi connectivity index (χ1n) is 6.76. The zero-order chi connectivity index (χ0) is 16.9. The van der Waals surface area contributed by atoms with Crippen LogP contribution in [0.4, 0.5) is 13.2 Å². The van der Waals surface area contributed by atoms with Crippen molar-refractivity contribution in [2.75, 3.05) is 12.3 Å². The molecule has 3 nitrogen and oxygen atoms in total. The molecule has 0 bridgehead atoms. The van der Waals surface area contributed by atoms with E-state index < -0.39 is 18.6 Å². The number of carbonyl (C=O) groups excluding carboxylic acids is 1. The fourth-order valence-electron chi connectivity index (χ4n) is 1.70. The molecule has 0 atom stereocenters. The average Bonchev–Trinajstić information content (AvgIpc) is 2.94. The monoisotopic (exact) mass is 360 g/mol. The van der Waals surface area contributed by atoms with Gasteiger partial charge in [-0.1, -0.05) is 29.8 Å². The van der Waals surface area contributed by atoms with Gasteiger partial charge in [0.05, 0.1) is 11.4 Å². The number of thioether (sulfide) groups is 1. The van der Waals surface area contributed by atoms with Gasteiger partial charge in [0.15, 0.2) is 0 Å². The van der Waals surface area contributed by atoms with E-state index in [4.69, 9.17) is 0 Å². The third-order valence-corrected chi connectivity index (χ3v) is 4.73. The second-order valence-electron chi connectivity index (χ2n) is 4.89. The first kappa shape index (κ1) is 17.8. The van der Waals surface area contributed by atoms with Gasteiger partial charge in [-0.2, -0.15) is 13.2 Å². The van der Waals surface area contributed by atoms with Gasteiger partial charge >= 0.3 is 6.18 Å². The highest BCUT2D eigenvalue weighted by molar-refractivity contribution is 7.99. The van der Waals surface area contributed by atoms with Crippen molar-refractivity contribution in [2.24, 2.45) is 0 Å². The Balaban J connectivity index is 1.79. The Morgan fingerprint density at radius 1 is 1.30 bits per heavy atom. The summed E-state index contributed by atoms with van der Waals surface area (Å²) in [6, 6.07) is 8.01. The summed E-state index contributed by atoms with van der Waals surface area (Å²) < 4.78 is 35.9. The number of hydrogen-bond donors (Lipinski definition) is 1. The van der Waals surface area contributed by atoms with Crippen LogP contribution in [0.1, 0.15) is 11.3 Å². The van der Waals surface area contributed by atoms with E-state index in [-0.39, 0.29) is 5.75 Å². The molecule has 23 heavy (non-hydrogen) atoms. The van der Waals surface area contributed by atoms with Crippen LogP contribution in [0.3, 0.4) is 0 Å². The summed E-state index contributed by atoms with van der Waals surface area (Å²) in [5, 5.41) is 4.63. The highest BCUT2D eigenvalue weighted by Crippen LogP contribution is 2.25. The summed E-state index contributed by atoms with van der Waals surface area (Å²) in [4.78, 5) is 15.8. The molecule has 124 valence electrons. The van der Waals surface area contributed by atoms with Crippen molar-refractivity contribution in [1.29, 1.82) is 0 Å². The minimum atomic E-state index is -4.38. The normalized spacial score (nSPS) is 11.5. The van der Waals surface area contributed by atoms with E-state index in [1.165, 1.54) is 28.7 Å². The van der Waals surface area contributed by atoms with Crippen molar-refractivity contribution in [1.82, 2.24) is 10.3 Å². The van der Waals surface area contributed by atoms with Crippen LogP contribution >= 0.6 is 23.1 Å². The van der Waals surface area contributed by atoms with Gasteiger partial charge in [0.2, 0.25) is 5.91 Å². The van der Waals surface area contributed by atoms with E-state index in [1.54, 1.807) is 0 Å². The maximum absolute atomic E-state index is 12.0. The summed E-state index contributed by atoms with van der Waals surface area (Å²) in [6.45, 7) is 0.720. The van der Waals surface area contributed by atoms with Crippen LogP contribution in [0.5, 0.6) is 0 Å². The van der Waals surface area contributed by atoms with E-state index in [1.807, 2.05) is 41.9 Å². The molecular formula is C15H15F3N2OS2. The fraction of sp³-hybridized carbons (Fsp3) is 0.333. The van der Waals surface area contributed by atoms with E-state index >= 15 is 0 Å². The van der Waals surface area contributed by atoms with Crippen molar-refractivity contribution < 1.29 is 18.0 Å². The SMILES string of the molecule is Cc1ccc(-c2nc(CSCC(=O)NCC(F)(F)F)cs2)cc1. The lowest BCUT2D eigenvalue weighted by molar-refractivity contribution is -0.136. The second-order valence-corrected chi connectivity index (χ2v) is 6.74.